The fourth-order valence-electron chi connectivity index (χ4n) is 1.56. The molecular weight excluding hydrogens is 208 g/mol. The Labute approximate surface area is 105 Å². The van der Waals surface area contributed by atoms with Gasteiger partial charge in [0.1, 0.15) is 0 Å². The van der Waals surface area contributed by atoms with Crippen molar-refractivity contribution >= 4 is 0 Å². The summed E-state index contributed by atoms with van der Waals surface area (Å²) in [5.74, 6) is 1.38. The van der Waals surface area contributed by atoms with E-state index in [0.29, 0.717) is 17.9 Å². The van der Waals surface area contributed by atoms with Gasteiger partial charge in [0.15, 0.2) is 0 Å². The molecule has 0 heterocycles. The Balaban J connectivity index is 2.52. The van der Waals surface area contributed by atoms with Crippen molar-refractivity contribution in [1.29, 1.82) is 5.26 Å². The molecule has 0 radical (unpaired) electrons. The maximum Gasteiger partial charge on any atom is 0.0991 e. The largest absolute Gasteiger partial charge is 0.310 e. The molecule has 2 heteroatoms. The molecule has 2 nitrogen and oxygen atoms in total. The highest BCUT2D eigenvalue weighted by atomic mass is 14.9. The van der Waals surface area contributed by atoms with Crippen LogP contribution in [0.3, 0.4) is 0 Å². The van der Waals surface area contributed by atoms with Crippen LogP contribution in [0, 0.1) is 23.2 Å². The van der Waals surface area contributed by atoms with Crippen LogP contribution in [0.2, 0.25) is 0 Å². The lowest BCUT2D eigenvalue weighted by Crippen LogP contribution is -2.26. The summed E-state index contributed by atoms with van der Waals surface area (Å²) >= 11 is 0. The van der Waals surface area contributed by atoms with Crippen molar-refractivity contribution in [3.63, 3.8) is 0 Å². The molecule has 0 amide bonds. The zero-order chi connectivity index (χ0) is 12.8. The summed E-state index contributed by atoms with van der Waals surface area (Å²) in [6, 6.07) is 10.3. The van der Waals surface area contributed by atoms with Gasteiger partial charge >= 0.3 is 0 Å². The summed E-state index contributed by atoms with van der Waals surface area (Å²) in [6.45, 7) is 9.95. The molecule has 92 valence electrons. The van der Waals surface area contributed by atoms with Gasteiger partial charge in [-0.3, -0.25) is 0 Å². The molecule has 0 aliphatic heterocycles. The van der Waals surface area contributed by atoms with Gasteiger partial charge in [-0.1, -0.05) is 32.9 Å². The van der Waals surface area contributed by atoms with Crippen molar-refractivity contribution in [3.8, 4) is 6.07 Å². The fourth-order valence-corrected chi connectivity index (χ4v) is 1.56. The standard InChI is InChI=1S/C15H22N2/c1-11(2)12(3)10-17-13(4)15-7-5-14(9-16)6-8-15/h5-8,11-13,17H,10H2,1-4H3. The first-order valence-corrected chi connectivity index (χ1v) is 6.28. The molecule has 2 unspecified atom stereocenters. The van der Waals surface area contributed by atoms with Crippen LogP contribution < -0.4 is 5.32 Å². The summed E-state index contributed by atoms with van der Waals surface area (Å²) in [6.07, 6.45) is 0. The first-order chi connectivity index (χ1) is 8.04. The molecule has 0 aliphatic carbocycles. The molecule has 0 fully saturated rings. The number of hydrogen-bond donors (Lipinski definition) is 1. The van der Waals surface area contributed by atoms with E-state index in [0.717, 1.165) is 12.1 Å². The van der Waals surface area contributed by atoms with Crippen LogP contribution in [0.25, 0.3) is 0 Å². The van der Waals surface area contributed by atoms with Gasteiger partial charge in [-0.15, -0.1) is 0 Å². The van der Waals surface area contributed by atoms with E-state index in [1.54, 1.807) is 0 Å². The highest BCUT2D eigenvalue weighted by molar-refractivity contribution is 5.32. The van der Waals surface area contributed by atoms with E-state index in [9.17, 15) is 0 Å². The lowest BCUT2D eigenvalue weighted by Gasteiger charge is -2.20. The zero-order valence-electron chi connectivity index (χ0n) is 11.2. The Kier molecular flexibility index (Phi) is 5.18. The van der Waals surface area contributed by atoms with Crippen molar-refractivity contribution in [2.24, 2.45) is 11.8 Å². The zero-order valence-corrected chi connectivity index (χ0v) is 11.2. The van der Waals surface area contributed by atoms with E-state index < -0.39 is 0 Å². The topological polar surface area (TPSA) is 35.8 Å². The molecule has 0 bridgehead atoms. The SMILES string of the molecule is CC(NCC(C)C(C)C)c1ccc(C#N)cc1. The second-order valence-corrected chi connectivity index (χ2v) is 5.09. The second kappa shape index (κ2) is 6.42. The quantitative estimate of drug-likeness (QED) is 0.840. The Morgan fingerprint density at radius 2 is 1.71 bits per heavy atom. The minimum absolute atomic E-state index is 0.337. The average molecular weight is 230 g/mol. The average Bonchev–Trinajstić information content (AvgIpc) is 2.35. The molecule has 1 N–H and O–H groups in total. The van der Waals surface area contributed by atoms with Gasteiger partial charge in [-0.2, -0.15) is 5.26 Å². The maximum atomic E-state index is 8.74. The number of nitrogens with one attached hydrogen (secondary N) is 1. The lowest BCUT2D eigenvalue weighted by molar-refractivity contribution is 0.375. The van der Waals surface area contributed by atoms with Crippen LogP contribution in [-0.4, -0.2) is 6.54 Å². The minimum atomic E-state index is 0.337. The predicted octanol–water partition coefficient (Wildman–Crippen LogP) is 3.50. The van der Waals surface area contributed by atoms with Crippen LogP contribution in [0.15, 0.2) is 24.3 Å². The molecule has 17 heavy (non-hydrogen) atoms. The summed E-state index contributed by atoms with van der Waals surface area (Å²) in [7, 11) is 0. The van der Waals surface area contributed by atoms with Gasteiger partial charge in [0.2, 0.25) is 0 Å². The fraction of sp³-hybridized carbons (Fsp3) is 0.533. The summed E-state index contributed by atoms with van der Waals surface area (Å²) in [5, 5.41) is 12.3. The molecular formula is C15H22N2. The molecule has 0 aliphatic rings. The molecule has 0 saturated carbocycles. The molecule has 1 aromatic rings. The molecule has 0 spiro atoms. The van der Waals surface area contributed by atoms with Gasteiger partial charge in [-0.25, -0.2) is 0 Å². The van der Waals surface area contributed by atoms with Gasteiger partial charge in [0, 0.05) is 6.04 Å². The minimum Gasteiger partial charge on any atom is -0.310 e. The van der Waals surface area contributed by atoms with Gasteiger partial charge in [-0.05, 0) is 43.0 Å². The number of hydrogen-bond acceptors (Lipinski definition) is 2. The summed E-state index contributed by atoms with van der Waals surface area (Å²) in [5.41, 5.74) is 1.96. The van der Waals surface area contributed by atoms with E-state index in [-0.39, 0.29) is 0 Å². The third-order valence-corrected chi connectivity index (χ3v) is 3.42. The van der Waals surface area contributed by atoms with Gasteiger partial charge < -0.3 is 5.32 Å². The van der Waals surface area contributed by atoms with Crippen molar-refractivity contribution in [2.75, 3.05) is 6.54 Å². The van der Waals surface area contributed by atoms with Gasteiger partial charge in [0.25, 0.3) is 0 Å². The monoisotopic (exact) mass is 230 g/mol. The number of nitrogens with zero attached hydrogens (tertiary/aromatic N) is 1. The van der Waals surface area contributed by atoms with E-state index in [1.807, 2.05) is 24.3 Å². The van der Waals surface area contributed by atoms with Crippen LogP contribution >= 0.6 is 0 Å². The van der Waals surface area contributed by atoms with Crippen LogP contribution in [0.1, 0.15) is 44.9 Å². The first kappa shape index (κ1) is 13.7. The Morgan fingerprint density at radius 1 is 1.12 bits per heavy atom. The van der Waals surface area contributed by atoms with Gasteiger partial charge in [0.05, 0.1) is 11.6 Å². The predicted molar refractivity (Wildman–Crippen MR) is 71.6 cm³/mol. The molecule has 0 saturated heterocycles. The van der Waals surface area contributed by atoms with Crippen molar-refractivity contribution in [1.82, 2.24) is 5.32 Å². The third kappa shape index (κ3) is 4.20. The van der Waals surface area contributed by atoms with Crippen molar-refractivity contribution in [3.05, 3.63) is 35.4 Å². The van der Waals surface area contributed by atoms with Crippen LogP contribution in [0.5, 0.6) is 0 Å². The number of benzene rings is 1. The molecule has 2 atom stereocenters. The number of rotatable bonds is 5. The normalized spacial score (nSPS) is 14.4. The molecule has 0 aromatic heterocycles. The molecule has 1 rings (SSSR count). The van der Waals surface area contributed by atoms with Crippen molar-refractivity contribution in [2.45, 2.75) is 33.7 Å². The second-order valence-electron chi connectivity index (χ2n) is 5.09. The number of nitriles is 1. The van der Waals surface area contributed by atoms with Crippen LogP contribution in [-0.2, 0) is 0 Å². The highest BCUT2D eigenvalue weighted by Gasteiger charge is 2.10. The van der Waals surface area contributed by atoms with E-state index in [1.165, 1.54) is 5.56 Å². The Hall–Kier alpha value is -1.33. The first-order valence-electron chi connectivity index (χ1n) is 6.28. The Bertz CT molecular complexity index is 373. The van der Waals surface area contributed by atoms with E-state index in [4.69, 9.17) is 5.26 Å². The Morgan fingerprint density at radius 3 is 2.18 bits per heavy atom. The maximum absolute atomic E-state index is 8.74. The third-order valence-electron chi connectivity index (χ3n) is 3.42. The smallest absolute Gasteiger partial charge is 0.0991 e. The lowest BCUT2D eigenvalue weighted by atomic mass is 9.97. The molecule has 1 aromatic carbocycles. The summed E-state index contributed by atoms with van der Waals surface area (Å²) in [4.78, 5) is 0. The van der Waals surface area contributed by atoms with Crippen LogP contribution in [0.4, 0.5) is 0 Å². The van der Waals surface area contributed by atoms with E-state index >= 15 is 0 Å². The summed E-state index contributed by atoms with van der Waals surface area (Å²) < 4.78 is 0. The van der Waals surface area contributed by atoms with Crippen molar-refractivity contribution < 1.29 is 0 Å². The highest BCUT2D eigenvalue weighted by Crippen LogP contribution is 2.15. The van der Waals surface area contributed by atoms with E-state index in [2.05, 4.69) is 39.1 Å².